The quantitative estimate of drug-likeness (QED) is 0.280. The molecule has 1 aliphatic heterocycles. The molecule has 3 aromatic carbocycles. The van der Waals surface area contributed by atoms with Gasteiger partial charge in [0.05, 0.1) is 20.3 Å². The number of aryl methyl sites for hydroxylation is 1. The molecule has 0 atom stereocenters. The van der Waals surface area contributed by atoms with E-state index in [-0.39, 0.29) is 0 Å². The minimum Gasteiger partial charge on any atom is -0.493 e. The average molecular weight is 498 g/mol. The fourth-order valence-electron chi connectivity index (χ4n) is 5.17. The lowest BCUT2D eigenvalue weighted by Crippen LogP contribution is -2.48. The second kappa shape index (κ2) is 12.1. The van der Waals surface area contributed by atoms with Crippen LogP contribution in [0.1, 0.15) is 29.3 Å². The third-order valence-electron chi connectivity index (χ3n) is 7.14. The van der Waals surface area contributed by atoms with Crippen molar-refractivity contribution in [3.8, 4) is 22.8 Å². The van der Waals surface area contributed by atoms with Crippen LogP contribution in [0.5, 0.6) is 11.5 Å². The third kappa shape index (κ3) is 6.04. The van der Waals surface area contributed by atoms with Crippen molar-refractivity contribution in [2.75, 3.05) is 46.9 Å². The van der Waals surface area contributed by atoms with E-state index >= 15 is 0 Å². The summed E-state index contributed by atoms with van der Waals surface area (Å²) < 4.78 is 16.4. The van der Waals surface area contributed by atoms with Gasteiger partial charge in [-0.1, -0.05) is 65.8 Å². The predicted octanol–water partition coefficient (Wildman–Crippen LogP) is 5.70. The van der Waals surface area contributed by atoms with E-state index in [4.69, 9.17) is 14.0 Å². The fraction of sp³-hybridized carbons (Fsp3) is 0.323. The number of hydrogen-bond acceptors (Lipinski definition) is 6. The highest BCUT2D eigenvalue weighted by Crippen LogP contribution is 2.32. The van der Waals surface area contributed by atoms with Crippen LogP contribution in [0.3, 0.4) is 0 Å². The van der Waals surface area contributed by atoms with E-state index in [1.807, 2.05) is 24.3 Å². The van der Waals surface area contributed by atoms with Crippen molar-refractivity contribution in [3.05, 3.63) is 102 Å². The maximum atomic E-state index is 5.64. The Labute approximate surface area is 219 Å². The molecule has 1 aliphatic rings. The Morgan fingerprint density at radius 2 is 1.43 bits per heavy atom. The zero-order valence-corrected chi connectivity index (χ0v) is 21.7. The fourth-order valence-corrected chi connectivity index (χ4v) is 5.17. The molecule has 4 aromatic rings. The summed E-state index contributed by atoms with van der Waals surface area (Å²) in [7, 11) is 3.27. The molecule has 0 radical (unpaired) electrons. The van der Waals surface area contributed by atoms with E-state index in [0.29, 0.717) is 17.5 Å². The molecule has 1 saturated heterocycles. The summed E-state index contributed by atoms with van der Waals surface area (Å²) in [4.78, 5) is 5.18. The lowest BCUT2D eigenvalue weighted by Gasteiger charge is -2.39. The van der Waals surface area contributed by atoms with Gasteiger partial charge in [0.15, 0.2) is 11.5 Å². The summed E-state index contributed by atoms with van der Waals surface area (Å²) in [5, 5.41) is 4.28. The van der Waals surface area contributed by atoms with Gasteiger partial charge in [-0.25, -0.2) is 0 Å². The highest BCUT2D eigenvalue weighted by atomic mass is 16.5. The first kappa shape index (κ1) is 25.1. The van der Waals surface area contributed by atoms with Crippen molar-refractivity contribution in [2.24, 2.45) is 0 Å². The standard InChI is InChI=1S/C31H35N3O3/c1-35-29-16-15-26(22-30(29)36-2)28-23-27(37-32-28)14-9-17-33-18-20-34(21-19-33)31(24-10-5-3-6-11-24)25-12-7-4-8-13-25/h3-8,10-13,15-16,22-23,31H,9,14,17-21H2,1-2H3. The van der Waals surface area contributed by atoms with Crippen molar-refractivity contribution >= 4 is 0 Å². The molecule has 0 unspecified atom stereocenters. The number of nitrogens with zero attached hydrogens (tertiary/aromatic N) is 3. The van der Waals surface area contributed by atoms with Gasteiger partial charge in [0.2, 0.25) is 0 Å². The Morgan fingerprint density at radius 3 is 2.05 bits per heavy atom. The first-order valence-electron chi connectivity index (χ1n) is 13.0. The number of hydrogen-bond donors (Lipinski definition) is 0. The number of piperazine rings is 1. The number of ether oxygens (including phenoxy) is 2. The molecule has 0 aliphatic carbocycles. The molecule has 37 heavy (non-hydrogen) atoms. The third-order valence-corrected chi connectivity index (χ3v) is 7.14. The molecule has 0 saturated carbocycles. The van der Waals surface area contributed by atoms with E-state index in [9.17, 15) is 0 Å². The van der Waals surface area contributed by atoms with Crippen molar-refractivity contribution < 1.29 is 14.0 Å². The molecule has 0 bridgehead atoms. The van der Waals surface area contributed by atoms with Crippen molar-refractivity contribution in [2.45, 2.75) is 18.9 Å². The van der Waals surface area contributed by atoms with Gasteiger partial charge in [0, 0.05) is 44.2 Å². The summed E-state index contributed by atoms with van der Waals surface area (Å²) in [6.45, 7) is 5.31. The number of rotatable bonds is 10. The molecule has 6 heteroatoms. The minimum atomic E-state index is 0.300. The Kier molecular flexibility index (Phi) is 8.18. The summed E-state index contributed by atoms with van der Waals surface area (Å²) in [5.41, 5.74) is 4.49. The summed E-state index contributed by atoms with van der Waals surface area (Å²) in [6, 6.07) is 29.9. The van der Waals surface area contributed by atoms with E-state index < -0.39 is 0 Å². The van der Waals surface area contributed by atoms with Crippen LogP contribution in [0, 0.1) is 0 Å². The molecular weight excluding hydrogens is 462 g/mol. The first-order valence-corrected chi connectivity index (χ1v) is 13.0. The van der Waals surface area contributed by atoms with E-state index in [0.717, 1.165) is 62.6 Å². The molecule has 0 spiro atoms. The van der Waals surface area contributed by atoms with Crippen molar-refractivity contribution in [1.82, 2.24) is 15.0 Å². The van der Waals surface area contributed by atoms with Gasteiger partial charge in [-0.3, -0.25) is 4.90 Å². The summed E-state index contributed by atoms with van der Waals surface area (Å²) in [5.74, 6) is 2.30. The van der Waals surface area contributed by atoms with Crippen molar-refractivity contribution in [1.29, 1.82) is 0 Å². The molecule has 2 heterocycles. The maximum absolute atomic E-state index is 5.64. The van der Waals surface area contributed by atoms with Gasteiger partial charge in [0.1, 0.15) is 11.5 Å². The summed E-state index contributed by atoms with van der Waals surface area (Å²) >= 11 is 0. The average Bonchev–Trinajstić information content (AvgIpc) is 3.44. The minimum absolute atomic E-state index is 0.300. The monoisotopic (exact) mass is 497 g/mol. The van der Waals surface area contributed by atoms with Crippen LogP contribution in [-0.2, 0) is 6.42 Å². The Bertz CT molecular complexity index is 1210. The molecule has 0 N–H and O–H groups in total. The normalized spacial score (nSPS) is 14.7. The molecule has 192 valence electrons. The lowest BCUT2D eigenvalue weighted by atomic mass is 9.96. The first-order chi connectivity index (χ1) is 18.2. The van der Waals surface area contributed by atoms with Crippen LogP contribution in [0.2, 0.25) is 0 Å². The van der Waals surface area contributed by atoms with Gasteiger partial charge < -0.3 is 18.9 Å². The van der Waals surface area contributed by atoms with Gasteiger partial charge in [-0.05, 0) is 42.3 Å². The van der Waals surface area contributed by atoms with Crippen LogP contribution in [0.4, 0.5) is 0 Å². The van der Waals surface area contributed by atoms with E-state index in [1.165, 1.54) is 11.1 Å². The van der Waals surface area contributed by atoms with Crippen LogP contribution >= 0.6 is 0 Å². The molecule has 0 amide bonds. The second-order valence-corrected chi connectivity index (χ2v) is 9.45. The molecule has 6 nitrogen and oxygen atoms in total. The molecule has 1 aromatic heterocycles. The molecule has 1 fully saturated rings. The highest BCUT2D eigenvalue weighted by Gasteiger charge is 2.26. The number of methoxy groups -OCH3 is 2. The summed E-state index contributed by atoms with van der Waals surface area (Å²) in [6.07, 6.45) is 1.92. The van der Waals surface area contributed by atoms with E-state index in [1.54, 1.807) is 14.2 Å². The van der Waals surface area contributed by atoms with Gasteiger partial charge in [-0.2, -0.15) is 0 Å². The number of benzene rings is 3. The predicted molar refractivity (Wildman–Crippen MR) is 146 cm³/mol. The van der Waals surface area contributed by atoms with Crippen LogP contribution < -0.4 is 9.47 Å². The van der Waals surface area contributed by atoms with Crippen LogP contribution in [0.15, 0.2) is 89.5 Å². The van der Waals surface area contributed by atoms with Crippen molar-refractivity contribution in [3.63, 3.8) is 0 Å². The zero-order valence-electron chi connectivity index (χ0n) is 21.7. The van der Waals surface area contributed by atoms with Crippen LogP contribution in [0.25, 0.3) is 11.3 Å². The Hall–Kier alpha value is -3.61. The molecule has 5 rings (SSSR count). The Morgan fingerprint density at radius 1 is 0.784 bits per heavy atom. The molecular formula is C31H35N3O3. The maximum Gasteiger partial charge on any atom is 0.161 e. The highest BCUT2D eigenvalue weighted by molar-refractivity contribution is 5.63. The largest absolute Gasteiger partial charge is 0.493 e. The smallest absolute Gasteiger partial charge is 0.161 e. The Balaban J connectivity index is 1.14. The SMILES string of the molecule is COc1ccc(-c2cc(CCCN3CCN(C(c4ccccc4)c4ccccc4)CC3)on2)cc1OC. The second-order valence-electron chi connectivity index (χ2n) is 9.45. The zero-order chi connectivity index (χ0) is 25.5. The topological polar surface area (TPSA) is 51.0 Å². The van der Waals surface area contributed by atoms with E-state index in [2.05, 4.69) is 75.6 Å². The van der Waals surface area contributed by atoms with Gasteiger partial charge >= 0.3 is 0 Å². The van der Waals surface area contributed by atoms with Gasteiger partial charge in [0.25, 0.3) is 0 Å². The van der Waals surface area contributed by atoms with Crippen LogP contribution in [-0.4, -0.2) is 61.9 Å². The number of aromatic nitrogens is 1. The lowest BCUT2D eigenvalue weighted by molar-refractivity contribution is 0.108. The van der Waals surface area contributed by atoms with Gasteiger partial charge in [-0.15, -0.1) is 0 Å².